The maximum atomic E-state index is 11.0. The SMILES string of the molecule is O=C1C=C(O)C2=CC(=O)C=CC2=C1. The lowest BCUT2D eigenvalue weighted by Crippen LogP contribution is -2.08. The van der Waals surface area contributed by atoms with E-state index in [4.69, 9.17) is 0 Å². The van der Waals surface area contributed by atoms with Gasteiger partial charge in [-0.3, -0.25) is 9.59 Å². The number of hydrogen-bond acceptors (Lipinski definition) is 3. The minimum atomic E-state index is -0.261. The number of allylic oxidation sites excluding steroid dienone is 6. The van der Waals surface area contributed by atoms with E-state index in [1.165, 1.54) is 24.3 Å². The van der Waals surface area contributed by atoms with Crippen LogP contribution in [-0.2, 0) is 9.59 Å². The van der Waals surface area contributed by atoms with Gasteiger partial charge >= 0.3 is 0 Å². The van der Waals surface area contributed by atoms with Crippen LogP contribution in [0.25, 0.3) is 0 Å². The summed E-state index contributed by atoms with van der Waals surface area (Å²) in [5.41, 5.74) is 1.01. The van der Waals surface area contributed by atoms with E-state index in [0.717, 1.165) is 6.08 Å². The number of fused-ring (bicyclic) bond motifs is 1. The number of aliphatic hydroxyl groups excluding tert-OH is 1. The Bertz CT molecular complexity index is 419. The summed E-state index contributed by atoms with van der Waals surface area (Å²) in [6.45, 7) is 0. The first-order valence-electron chi connectivity index (χ1n) is 3.77. The Balaban J connectivity index is 2.54. The largest absolute Gasteiger partial charge is 0.507 e. The first-order chi connectivity index (χ1) is 6.16. The van der Waals surface area contributed by atoms with Crippen molar-refractivity contribution in [2.24, 2.45) is 0 Å². The predicted octanol–water partition coefficient (Wildman–Crippen LogP) is 1.00. The molecule has 0 heterocycles. The van der Waals surface area contributed by atoms with Crippen molar-refractivity contribution in [3.05, 3.63) is 47.3 Å². The molecule has 0 aliphatic heterocycles. The molecule has 0 spiro atoms. The molecular weight excluding hydrogens is 168 g/mol. The molecule has 0 aromatic rings. The van der Waals surface area contributed by atoms with Crippen molar-refractivity contribution in [3.63, 3.8) is 0 Å². The lowest BCUT2D eigenvalue weighted by molar-refractivity contribution is -0.111. The molecule has 3 nitrogen and oxygen atoms in total. The topological polar surface area (TPSA) is 54.4 Å². The fourth-order valence-electron chi connectivity index (χ4n) is 1.29. The van der Waals surface area contributed by atoms with E-state index in [-0.39, 0.29) is 17.3 Å². The molecule has 2 aliphatic rings. The number of rotatable bonds is 0. The van der Waals surface area contributed by atoms with Crippen LogP contribution in [0.3, 0.4) is 0 Å². The van der Waals surface area contributed by atoms with E-state index in [1.54, 1.807) is 0 Å². The second kappa shape index (κ2) is 2.55. The van der Waals surface area contributed by atoms with Gasteiger partial charge in [0.05, 0.1) is 0 Å². The second-order valence-electron chi connectivity index (χ2n) is 2.83. The molecular formula is C10H6O3. The molecule has 0 radical (unpaired) electrons. The quantitative estimate of drug-likeness (QED) is 0.596. The lowest BCUT2D eigenvalue weighted by Gasteiger charge is -2.13. The zero-order valence-electron chi connectivity index (χ0n) is 6.65. The van der Waals surface area contributed by atoms with Gasteiger partial charge < -0.3 is 5.11 Å². The summed E-state index contributed by atoms with van der Waals surface area (Å²) in [5, 5.41) is 9.34. The average Bonchev–Trinajstić information content (AvgIpc) is 2.06. The van der Waals surface area contributed by atoms with Gasteiger partial charge in [0, 0.05) is 11.6 Å². The molecule has 0 amide bonds. The van der Waals surface area contributed by atoms with Crippen LogP contribution in [0.4, 0.5) is 0 Å². The van der Waals surface area contributed by atoms with Crippen LogP contribution in [-0.4, -0.2) is 16.7 Å². The molecule has 3 heteroatoms. The highest BCUT2D eigenvalue weighted by Crippen LogP contribution is 2.25. The standard InChI is InChI=1S/C10H6O3/c11-7-2-1-6-3-8(12)5-10(13)9(6)4-7/h1-5,13H. The molecule has 0 saturated heterocycles. The van der Waals surface area contributed by atoms with Crippen LogP contribution in [0, 0.1) is 0 Å². The monoisotopic (exact) mass is 174 g/mol. The van der Waals surface area contributed by atoms with Gasteiger partial charge in [-0.2, -0.15) is 0 Å². The zero-order valence-corrected chi connectivity index (χ0v) is 6.65. The summed E-state index contributed by atoms with van der Waals surface area (Å²) in [7, 11) is 0. The summed E-state index contributed by atoms with van der Waals surface area (Å²) >= 11 is 0. The summed E-state index contributed by atoms with van der Waals surface area (Å²) in [4.78, 5) is 21.9. The van der Waals surface area contributed by atoms with Crippen LogP contribution >= 0.6 is 0 Å². The van der Waals surface area contributed by atoms with Crippen molar-refractivity contribution in [1.29, 1.82) is 0 Å². The van der Waals surface area contributed by atoms with Gasteiger partial charge in [-0.05, 0) is 23.8 Å². The molecule has 0 aromatic carbocycles. The Morgan fingerprint density at radius 2 is 1.69 bits per heavy atom. The van der Waals surface area contributed by atoms with Crippen molar-refractivity contribution in [2.45, 2.75) is 0 Å². The highest BCUT2D eigenvalue weighted by molar-refractivity contribution is 6.08. The van der Waals surface area contributed by atoms with E-state index in [2.05, 4.69) is 0 Å². The Morgan fingerprint density at radius 3 is 2.46 bits per heavy atom. The Labute approximate surface area is 74.4 Å². The molecule has 0 aromatic heterocycles. The van der Waals surface area contributed by atoms with Crippen molar-refractivity contribution in [3.8, 4) is 0 Å². The fourth-order valence-corrected chi connectivity index (χ4v) is 1.29. The normalized spacial score (nSPS) is 20.5. The smallest absolute Gasteiger partial charge is 0.182 e. The van der Waals surface area contributed by atoms with Crippen molar-refractivity contribution >= 4 is 11.6 Å². The first kappa shape index (κ1) is 7.73. The number of hydrogen-bond donors (Lipinski definition) is 1. The highest BCUT2D eigenvalue weighted by atomic mass is 16.3. The molecule has 2 aliphatic carbocycles. The third kappa shape index (κ3) is 1.24. The second-order valence-corrected chi connectivity index (χ2v) is 2.83. The molecule has 64 valence electrons. The third-order valence-corrected chi connectivity index (χ3v) is 1.88. The fraction of sp³-hybridized carbons (Fsp3) is 0. The maximum absolute atomic E-state index is 11.0. The van der Waals surface area contributed by atoms with E-state index >= 15 is 0 Å². The minimum absolute atomic E-state index is 0.139. The number of ketones is 2. The Morgan fingerprint density at radius 1 is 0.923 bits per heavy atom. The van der Waals surface area contributed by atoms with Gasteiger partial charge in [0.2, 0.25) is 0 Å². The van der Waals surface area contributed by atoms with Gasteiger partial charge in [0.1, 0.15) is 5.76 Å². The molecule has 0 unspecified atom stereocenters. The van der Waals surface area contributed by atoms with Crippen molar-refractivity contribution in [1.82, 2.24) is 0 Å². The summed E-state index contributed by atoms with van der Waals surface area (Å²) < 4.78 is 0. The third-order valence-electron chi connectivity index (χ3n) is 1.88. The van der Waals surface area contributed by atoms with Crippen LogP contribution in [0.1, 0.15) is 0 Å². The van der Waals surface area contributed by atoms with Crippen LogP contribution in [0.15, 0.2) is 47.3 Å². The van der Waals surface area contributed by atoms with Crippen molar-refractivity contribution < 1.29 is 14.7 Å². The van der Waals surface area contributed by atoms with Crippen molar-refractivity contribution in [2.75, 3.05) is 0 Å². The predicted molar refractivity (Wildman–Crippen MR) is 46.0 cm³/mol. The molecule has 0 saturated carbocycles. The summed E-state index contributed by atoms with van der Waals surface area (Å²) in [5.74, 6) is -0.578. The molecule has 1 N–H and O–H groups in total. The Kier molecular flexibility index (Phi) is 1.52. The van der Waals surface area contributed by atoms with Crippen LogP contribution in [0.2, 0.25) is 0 Å². The van der Waals surface area contributed by atoms with E-state index < -0.39 is 0 Å². The molecule has 2 rings (SSSR count). The molecule has 0 fully saturated rings. The average molecular weight is 174 g/mol. The zero-order chi connectivity index (χ0) is 9.42. The molecule has 13 heavy (non-hydrogen) atoms. The van der Waals surface area contributed by atoms with Gasteiger partial charge in [-0.15, -0.1) is 0 Å². The highest BCUT2D eigenvalue weighted by Gasteiger charge is 2.18. The minimum Gasteiger partial charge on any atom is -0.507 e. The summed E-state index contributed by atoms with van der Waals surface area (Å²) in [6.07, 6.45) is 6.68. The van der Waals surface area contributed by atoms with E-state index in [9.17, 15) is 14.7 Å². The maximum Gasteiger partial charge on any atom is 0.182 e. The van der Waals surface area contributed by atoms with Gasteiger partial charge in [-0.25, -0.2) is 0 Å². The molecule has 0 bridgehead atoms. The van der Waals surface area contributed by atoms with Gasteiger partial charge in [0.25, 0.3) is 0 Å². The number of carbonyl (C=O) groups excluding carboxylic acids is 2. The number of aliphatic hydroxyl groups is 1. The summed E-state index contributed by atoms with van der Waals surface area (Å²) in [6, 6.07) is 0. The first-order valence-corrected chi connectivity index (χ1v) is 3.77. The number of carbonyl (C=O) groups is 2. The Hall–Kier alpha value is -1.90. The lowest BCUT2D eigenvalue weighted by atomic mass is 9.92. The van der Waals surface area contributed by atoms with E-state index in [1.807, 2.05) is 0 Å². The van der Waals surface area contributed by atoms with Gasteiger partial charge in [-0.1, -0.05) is 6.08 Å². The van der Waals surface area contributed by atoms with Crippen LogP contribution < -0.4 is 0 Å². The van der Waals surface area contributed by atoms with E-state index in [0.29, 0.717) is 11.1 Å². The van der Waals surface area contributed by atoms with Crippen LogP contribution in [0.5, 0.6) is 0 Å². The van der Waals surface area contributed by atoms with Gasteiger partial charge in [0.15, 0.2) is 11.6 Å². The molecule has 0 atom stereocenters.